The summed E-state index contributed by atoms with van der Waals surface area (Å²) in [6, 6.07) is 8.41. The third-order valence-corrected chi connectivity index (χ3v) is 2.77. The van der Waals surface area contributed by atoms with Gasteiger partial charge in [-0.15, -0.1) is 0 Å². The van der Waals surface area contributed by atoms with Crippen LogP contribution in [0.3, 0.4) is 0 Å². The van der Waals surface area contributed by atoms with Gasteiger partial charge in [-0.05, 0) is 36.8 Å². The molecule has 0 radical (unpaired) electrons. The van der Waals surface area contributed by atoms with Gasteiger partial charge >= 0.3 is 5.97 Å². The minimum atomic E-state index is -1.08. The minimum Gasteiger partial charge on any atom is -0.478 e. The maximum absolute atomic E-state index is 11.8. The number of carboxylic acids is 1. The van der Waals surface area contributed by atoms with Gasteiger partial charge in [0.15, 0.2) is 0 Å². The Balaban J connectivity index is 2.13. The lowest BCUT2D eigenvalue weighted by Crippen LogP contribution is -2.12. The van der Waals surface area contributed by atoms with E-state index in [0.717, 1.165) is 11.1 Å². The van der Waals surface area contributed by atoms with Crippen LogP contribution in [-0.2, 0) is 4.79 Å². The number of aromatic nitrogens is 1. The molecule has 2 aromatic rings. The molecule has 0 spiro atoms. The molecule has 1 heterocycles. The fourth-order valence-electron chi connectivity index (χ4n) is 1.76. The van der Waals surface area contributed by atoms with Crippen LogP contribution in [0.5, 0.6) is 0 Å². The summed E-state index contributed by atoms with van der Waals surface area (Å²) in [5, 5.41) is 11.7. The molecule has 1 amide bonds. The number of carboxylic acid groups (broad SMARTS) is 1. The largest absolute Gasteiger partial charge is 0.478 e. The van der Waals surface area contributed by atoms with Crippen molar-refractivity contribution in [1.29, 1.82) is 0 Å². The SMILES string of the molecule is Cc1ccc(NC(=O)/C=C/c2cccnc2)c(C(=O)O)c1. The number of aromatic carboxylic acids is 1. The fraction of sp³-hybridized carbons (Fsp3) is 0.0625. The van der Waals surface area contributed by atoms with E-state index in [1.807, 2.05) is 6.07 Å². The Kier molecular flexibility index (Phi) is 4.46. The summed E-state index contributed by atoms with van der Waals surface area (Å²) in [4.78, 5) is 26.9. The highest BCUT2D eigenvalue weighted by Gasteiger charge is 2.11. The summed E-state index contributed by atoms with van der Waals surface area (Å²) < 4.78 is 0. The normalized spacial score (nSPS) is 10.5. The highest BCUT2D eigenvalue weighted by atomic mass is 16.4. The third kappa shape index (κ3) is 4.01. The number of carbonyl (C=O) groups excluding carboxylic acids is 1. The first kappa shape index (κ1) is 14.5. The number of rotatable bonds is 4. The maximum Gasteiger partial charge on any atom is 0.337 e. The molecule has 2 N–H and O–H groups in total. The summed E-state index contributed by atoms with van der Waals surface area (Å²) in [7, 11) is 0. The summed E-state index contributed by atoms with van der Waals surface area (Å²) >= 11 is 0. The third-order valence-electron chi connectivity index (χ3n) is 2.77. The van der Waals surface area contributed by atoms with Gasteiger partial charge in [-0.1, -0.05) is 17.7 Å². The molecule has 0 unspecified atom stereocenters. The maximum atomic E-state index is 11.8. The van der Waals surface area contributed by atoms with Crippen molar-refractivity contribution in [3.8, 4) is 0 Å². The molecule has 106 valence electrons. The van der Waals surface area contributed by atoms with Crippen LogP contribution in [0.4, 0.5) is 5.69 Å². The van der Waals surface area contributed by atoms with Crippen molar-refractivity contribution in [3.05, 3.63) is 65.5 Å². The summed E-state index contributed by atoms with van der Waals surface area (Å²) in [6.07, 6.45) is 6.21. The number of nitrogens with one attached hydrogen (secondary N) is 1. The average Bonchev–Trinajstić information content (AvgIpc) is 2.48. The average molecular weight is 282 g/mol. The van der Waals surface area contributed by atoms with Gasteiger partial charge in [-0.25, -0.2) is 4.79 Å². The molecule has 0 aliphatic carbocycles. The van der Waals surface area contributed by atoms with E-state index < -0.39 is 11.9 Å². The van der Waals surface area contributed by atoms with Gasteiger partial charge in [0, 0.05) is 18.5 Å². The highest BCUT2D eigenvalue weighted by Crippen LogP contribution is 2.17. The van der Waals surface area contributed by atoms with E-state index in [2.05, 4.69) is 10.3 Å². The molecule has 1 aromatic heterocycles. The molecule has 21 heavy (non-hydrogen) atoms. The van der Waals surface area contributed by atoms with Gasteiger partial charge in [-0.3, -0.25) is 9.78 Å². The van der Waals surface area contributed by atoms with Crippen LogP contribution >= 0.6 is 0 Å². The van der Waals surface area contributed by atoms with Crippen molar-refractivity contribution in [3.63, 3.8) is 0 Å². The van der Waals surface area contributed by atoms with E-state index in [9.17, 15) is 9.59 Å². The molecule has 0 atom stereocenters. The van der Waals surface area contributed by atoms with Gasteiger partial charge in [0.1, 0.15) is 0 Å². The number of hydrogen-bond acceptors (Lipinski definition) is 3. The second kappa shape index (κ2) is 6.47. The first-order valence-corrected chi connectivity index (χ1v) is 6.29. The van der Waals surface area contributed by atoms with Gasteiger partial charge in [0.2, 0.25) is 5.91 Å². The molecule has 0 bridgehead atoms. The Morgan fingerprint density at radius 3 is 2.76 bits per heavy atom. The van der Waals surface area contributed by atoms with Crippen molar-refractivity contribution in [2.45, 2.75) is 6.92 Å². The predicted octanol–water partition coefficient (Wildman–Crippen LogP) is 2.74. The lowest BCUT2D eigenvalue weighted by Gasteiger charge is -2.07. The number of hydrogen-bond donors (Lipinski definition) is 2. The Morgan fingerprint density at radius 2 is 2.10 bits per heavy atom. The highest BCUT2D eigenvalue weighted by molar-refractivity contribution is 6.06. The summed E-state index contributed by atoms with van der Waals surface area (Å²) in [5.41, 5.74) is 1.94. The lowest BCUT2D eigenvalue weighted by molar-refractivity contribution is -0.111. The van der Waals surface area contributed by atoms with E-state index in [1.165, 1.54) is 12.1 Å². The molecular formula is C16H14N2O3. The summed E-state index contributed by atoms with van der Waals surface area (Å²) in [6.45, 7) is 1.79. The number of benzene rings is 1. The molecule has 5 nitrogen and oxygen atoms in total. The van der Waals surface area contributed by atoms with E-state index in [4.69, 9.17) is 5.11 Å². The Labute approximate surface area is 122 Å². The molecule has 0 saturated heterocycles. The fourth-order valence-corrected chi connectivity index (χ4v) is 1.76. The van der Waals surface area contributed by atoms with Gasteiger partial charge in [0.25, 0.3) is 0 Å². The van der Waals surface area contributed by atoms with Crippen LogP contribution in [0.25, 0.3) is 6.08 Å². The Bertz CT molecular complexity index is 694. The van der Waals surface area contributed by atoms with E-state index >= 15 is 0 Å². The second-order valence-electron chi connectivity index (χ2n) is 4.46. The van der Waals surface area contributed by atoms with Crippen LogP contribution in [0.15, 0.2) is 48.8 Å². The number of anilines is 1. The number of carbonyl (C=O) groups is 2. The molecule has 1 aromatic carbocycles. The van der Waals surface area contributed by atoms with E-state index in [1.54, 1.807) is 43.6 Å². The predicted molar refractivity (Wildman–Crippen MR) is 80.0 cm³/mol. The zero-order chi connectivity index (χ0) is 15.2. The van der Waals surface area contributed by atoms with Crippen LogP contribution < -0.4 is 5.32 Å². The monoisotopic (exact) mass is 282 g/mol. The topological polar surface area (TPSA) is 79.3 Å². The molecule has 0 saturated carbocycles. The van der Waals surface area contributed by atoms with Crippen molar-refractivity contribution in [1.82, 2.24) is 4.98 Å². The first-order valence-electron chi connectivity index (χ1n) is 6.29. The van der Waals surface area contributed by atoms with Crippen molar-refractivity contribution in [2.75, 3.05) is 5.32 Å². The molecule has 0 fully saturated rings. The Hall–Kier alpha value is -2.95. The van der Waals surface area contributed by atoms with Crippen molar-refractivity contribution < 1.29 is 14.7 Å². The van der Waals surface area contributed by atoms with Gasteiger partial charge in [0.05, 0.1) is 11.3 Å². The van der Waals surface area contributed by atoms with Crippen molar-refractivity contribution in [2.24, 2.45) is 0 Å². The van der Waals surface area contributed by atoms with E-state index in [-0.39, 0.29) is 11.3 Å². The van der Waals surface area contributed by atoms with Crippen LogP contribution in [0.2, 0.25) is 0 Å². The van der Waals surface area contributed by atoms with Gasteiger partial charge in [-0.2, -0.15) is 0 Å². The van der Waals surface area contributed by atoms with E-state index in [0.29, 0.717) is 0 Å². The minimum absolute atomic E-state index is 0.0677. The molecule has 0 aliphatic rings. The molecule has 0 aliphatic heterocycles. The summed E-state index contributed by atoms with van der Waals surface area (Å²) in [5.74, 6) is -1.48. The van der Waals surface area contributed by atoms with Crippen LogP contribution in [0, 0.1) is 6.92 Å². The zero-order valence-corrected chi connectivity index (χ0v) is 11.4. The van der Waals surface area contributed by atoms with Crippen LogP contribution in [0.1, 0.15) is 21.5 Å². The zero-order valence-electron chi connectivity index (χ0n) is 11.4. The first-order chi connectivity index (χ1) is 10.1. The molecule has 5 heteroatoms. The van der Waals surface area contributed by atoms with Crippen molar-refractivity contribution >= 4 is 23.6 Å². The molecule has 2 rings (SSSR count). The lowest BCUT2D eigenvalue weighted by atomic mass is 10.1. The molecular weight excluding hydrogens is 268 g/mol. The Morgan fingerprint density at radius 1 is 1.29 bits per heavy atom. The number of amides is 1. The second-order valence-corrected chi connectivity index (χ2v) is 4.46. The van der Waals surface area contributed by atoms with Gasteiger partial charge < -0.3 is 10.4 Å². The number of nitrogens with zero attached hydrogens (tertiary/aromatic N) is 1. The smallest absolute Gasteiger partial charge is 0.337 e. The number of aryl methyl sites for hydroxylation is 1. The quantitative estimate of drug-likeness (QED) is 0.845. The standard InChI is InChI=1S/C16H14N2O3/c1-11-4-6-14(13(9-11)16(20)21)18-15(19)7-5-12-3-2-8-17-10-12/h2-10H,1H3,(H,18,19)(H,20,21)/b7-5+. The number of pyridine rings is 1. The van der Waals surface area contributed by atoms with Crippen LogP contribution in [-0.4, -0.2) is 22.0 Å².